The Morgan fingerprint density at radius 2 is 0.725 bits per heavy atom. The zero-order valence-corrected chi connectivity index (χ0v) is 80.9. The third-order valence-corrected chi connectivity index (χ3v) is 25.4. The Kier molecular flexibility index (Phi) is 46.1. The number of unbranched alkanes of at least 4 members (excludes halogenated alkanes) is 4. The number of rotatable bonds is 31. The molecule has 0 bridgehead atoms. The summed E-state index contributed by atoms with van der Waals surface area (Å²) in [6.45, 7) is 7.05. The van der Waals surface area contributed by atoms with Crippen molar-refractivity contribution in [1.29, 1.82) is 0 Å². The molecule has 4 heterocycles. The van der Waals surface area contributed by atoms with Gasteiger partial charge in [-0.05, 0) is 118 Å². The molecule has 16 amide bonds. The summed E-state index contributed by atoms with van der Waals surface area (Å²) in [5.74, 6) is -16.1. The van der Waals surface area contributed by atoms with Gasteiger partial charge in [-0.15, -0.1) is 0 Å². The van der Waals surface area contributed by atoms with Gasteiger partial charge in [0.25, 0.3) is 0 Å². The van der Waals surface area contributed by atoms with Crippen LogP contribution in [0.5, 0.6) is 0 Å². The molecular formula is C95H141N25O22. The number of nitrogens with two attached hydrogens (primary N) is 6. The number of piperidine rings is 1. The number of carboxylic acid groups (broad SMARTS) is 3. The average molecular weight is 1990 g/mol. The van der Waals surface area contributed by atoms with Gasteiger partial charge in [-0.1, -0.05) is 170 Å². The lowest BCUT2D eigenvalue weighted by Gasteiger charge is -2.48. The number of guanidine groups is 3. The van der Waals surface area contributed by atoms with Gasteiger partial charge in [0.1, 0.15) is 71.0 Å². The summed E-state index contributed by atoms with van der Waals surface area (Å²) < 4.78 is 0. The van der Waals surface area contributed by atoms with Crippen LogP contribution in [0.15, 0.2) is 106 Å². The normalized spacial score (nSPS) is 24.1. The van der Waals surface area contributed by atoms with Crippen LogP contribution in [0.2, 0.25) is 0 Å². The zero-order valence-electron chi connectivity index (χ0n) is 80.9. The Labute approximate surface area is 823 Å². The van der Waals surface area contributed by atoms with Crippen LogP contribution in [0.1, 0.15) is 205 Å². The van der Waals surface area contributed by atoms with E-state index in [0.29, 0.717) is 68.1 Å². The predicted octanol–water partition coefficient (Wildman–Crippen LogP) is -3.37. The molecule has 0 aromatic heterocycles. The second kappa shape index (κ2) is 57.2. The van der Waals surface area contributed by atoms with E-state index in [4.69, 9.17) is 34.4 Å². The second-order valence-corrected chi connectivity index (χ2v) is 36.9. The van der Waals surface area contributed by atoms with E-state index in [0.717, 1.165) is 44.9 Å². The molecule has 3 aromatic carbocycles. The lowest BCUT2D eigenvalue weighted by molar-refractivity contribution is -0.143. The molecule has 2 aliphatic carbocycles. The topological polar surface area (TPSA) is 762 Å². The van der Waals surface area contributed by atoms with E-state index in [1.807, 2.05) is 20.8 Å². The van der Waals surface area contributed by atoms with Gasteiger partial charge in [-0.3, -0.25) is 106 Å². The molecule has 6 aliphatic rings. The summed E-state index contributed by atoms with van der Waals surface area (Å²) in [6.07, 6.45) is 8.68. The maximum Gasteiger partial charge on any atom is 0.305 e. The van der Waals surface area contributed by atoms with Crippen molar-refractivity contribution in [3.05, 3.63) is 108 Å². The molecule has 0 radical (unpaired) electrons. The number of likely N-dealkylation sites (tertiary alicyclic amines) is 1. The van der Waals surface area contributed by atoms with Crippen molar-refractivity contribution in [1.82, 2.24) is 84.7 Å². The molecule has 2 saturated carbocycles. The van der Waals surface area contributed by atoms with Gasteiger partial charge in [0.2, 0.25) is 94.5 Å². The Balaban J connectivity index is 0.000000291. The molecule has 4 aliphatic heterocycles. The van der Waals surface area contributed by atoms with Gasteiger partial charge in [0.15, 0.2) is 17.9 Å². The second-order valence-electron chi connectivity index (χ2n) is 36.9. The smallest absolute Gasteiger partial charge is 0.305 e. The minimum absolute atomic E-state index is 0.0160. The fraction of sp³-hybridized carbons (Fsp3) is 0.579. The summed E-state index contributed by atoms with van der Waals surface area (Å²) in [4.78, 5) is 265. The van der Waals surface area contributed by atoms with Crippen molar-refractivity contribution in [2.75, 3.05) is 52.4 Å². The Morgan fingerprint density at radius 1 is 0.387 bits per heavy atom. The summed E-state index contributed by atoms with van der Waals surface area (Å²) in [6, 6.07) is 14.7. The molecule has 142 heavy (non-hydrogen) atoms. The molecule has 9 rings (SSSR count). The van der Waals surface area contributed by atoms with Crippen LogP contribution in [-0.4, -0.2) is 274 Å². The number of amides is 16. The number of carbonyl (C=O) groups excluding carboxylic acids is 16. The minimum Gasteiger partial charge on any atom is -0.481 e. The zero-order chi connectivity index (χ0) is 104. The predicted molar refractivity (Wildman–Crippen MR) is 520 cm³/mol. The molecule has 3 spiro atoms. The van der Waals surface area contributed by atoms with Crippen LogP contribution in [0.25, 0.3) is 0 Å². The minimum atomic E-state index is -1.60. The van der Waals surface area contributed by atoms with Gasteiger partial charge >= 0.3 is 17.9 Å². The molecule has 30 N–H and O–H groups in total. The van der Waals surface area contributed by atoms with Crippen LogP contribution in [0.4, 0.5) is 0 Å². The van der Waals surface area contributed by atoms with E-state index in [2.05, 4.69) is 102 Å². The van der Waals surface area contributed by atoms with Gasteiger partial charge in [0.05, 0.1) is 38.9 Å². The molecule has 1 unspecified atom stereocenters. The van der Waals surface area contributed by atoms with Gasteiger partial charge in [-0.25, -0.2) is 0 Å². The highest BCUT2D eigenvalue weighted by Crippen LogP contribution is 2.42. The van der Waals surface area contributed by atoms with Crippen molar-refractivity contribution < 1.29 is 106 Å². The Hall–Kier alpha value is -14.6. The molecular weight excluding hydrogens is 1840 g/mol. The first kappa shape index (κ1) is 114. The Morgan fingerprint density at radius 3 is 1.06 bits per heavy atom. The number of aliphatic carboxylic acids is 3. The highest BCUT2D eigenvalue weighted by atomic mass is 16.4. The number of aliphatic imine (C=N–C) groups is 3. The molecule has 6 fully saturated rings. The number of carbonyl (C=O) groups is 19. The van der Waals surface area contributed by atoms with Gasteiger partial charge in [0, 0.05) is 58.4 Å². The largest absolute Gasteiger partial charge is 0.481 e. The average Bonchev–Trinajstić information content (AvgIpc) is 0.793. The van der Waals surface area contributed by atoms with Crippen LogP contribution in [0, 0.1) is 17.8 Å². The van der Waals surface area contributed by atoms with Crippen molar-refractivity contribution in [2.45, 2.75) is 278 Å². The summed E-state index contributed by atoms with van der Waals surface area (Å²) in [5.41, 5.74) is 30.1. The van der Waals surface area contributed by atoms with Crippen molar-refractivity contribution in [3.8, 4) is 0 Å². The number of carboxylic acids is 3. The lowest BCUT2D eigenvalue weighted by Crippen LogP contribution is -2.69. The number of nitrogens with zero attached hydrogens (tertiary/aromatic N) is 4. The van der Waals surface area contributed by atoms with E-state index in [1.54, 1.807) is 95.9 Å². The third-order valence-electron chi connectivity index (χ3n) is 25.4. The van der Waals surface area contributed by atoms with E-state index in [-0.39, 0.29) is 138 Å². The fourth-order valence-electron chi connectivity index (χ4n) is 17.9. The summed E-state index contributed by atoms with van der Waals surface area (Å²) in [5, 5.41) is 67.6. The van der Waals surface area contributed by atoms with E-state index >= 15 is 0 Å². The molecule has 47 nitrogen and oxygen atoms in total. The maximum atomic E-state index is 14.6. The van der Waals surface area contributed by atoms with Crippen molar-refractivity contribution in [3.63, 3.8) is 0 Å². The molecule has 3 aromatic rings. The number of nitrogens with one attached hydrogen (secondary N) is 15. The van der Waals surface area contributed by atoms with Crippen LogP contribution in [-0.2, 0) is 110 Å². The highest BCUT2D eigenvalue weighted by Gasteiger charge is 2.54. The van der Waals surface area contributed by atoms with E-state index in [1.165, 1.54) is 0 Å². The number of benzene rings is 3. The summed E-state index contributed by atoms with van der Waals surface area (Å²) in [7, 11) is 0. The van der Waals surface area contributed by atoms with Crippen molar-refractivity contribution in [2.24, 2.45) is 67.1 Å². The monoisotopic (exact) mass is 1980 g/mol. The maximum absolute atomic E-state index is 14.6. The Bertz CT molecular complexity index is 4950. The molecule has 12 atom stereocenters. The first-order chi connectivity index (χ1) is 67.5. The van der Waals surface area contributed by atoms with Gasteiger partial charge in [-0.2, -0.15) is 0 Å². The molecule has 4 saturated heterocycles. The number of hydrogen-bond acceptors (Lipinski definition) is 22. The molecule has 47 heteroatoms. The first-order valence-corrected chi connectivity index (χ1v) is 48.3. The van der Waals surface area contributed by atoms with E-state index < -0.39 is 216 Å². The standard InChI is InChI=1S/C35H53N9O8.C32H48N8O7.C28H40N8O7/c1-2-3-4-5-9-14-28(46)44-18-15-35(16-19-44)33(52)42-25(20-23-11-7-6-8-12-23)31(50)41-26(21-29(47)48)30(49)39-22-27(45)40-24(32(51)43-35)13-10-17-38-34(36)37;1-18(2)21-12-11-19(3)16-32(21)30(47)39-23(14-20-8-5-4-6-9-20)28(45)38-24(15-26(42)43)27(44)36-17-25(41)37-22(29(46)40-32)10-7-13-35-31(33)34;29-27(30)31-13-7-10-18-25(42)36-28(11-5-2-6-12-28)26(43)35-19(14-17-8-3-1-4-9-17)24(41)34-20(15-22(38)39)23(40)32-16-21(37)33-18/h6-8,11-12,24-26H,2-5,9-10,13-22H2,1H3,(H,39,49)(H,40,45)(H,41,50)(H,42,52)(H,43,51)(H,47,48)(H4,36,37,38);4-6,8-9,18-19,21-24H,7,10-17H2,1-3H3,(H,36,44)(H,37,41)(H,38,45)(H,39,47)(H,40,46)(H,42,43)(H4,33,34,35);1,3-4,8-9,18-20H,2,5-7,10-16H2,(H,32,40)(H,33,37)(H,34,41)(H,35,43)(H,36,42)(H,38,39)(H4,29,30,31)/t24-,25+,26-;19-,21+,22-,23+,24-,32?;18-,19+,20-/m000/s1. The van der Waals surface area contributed by atoms with Crippen LogP contribution < -0.4 is 114 Å². The van der Waals surface area contributed by atoms with Crippen LogP contribution >= 0.6 is 0 Å². The fourth-order valence-corrected chi connectivity index (χ4v) is 17.9. The number of hydrogen-bond donors (Lipinski definition) is 24. The van der Waals surface area contributed by atoms with Gasteiger partial charge < -0.3 is 134 Å². The lowest BCUT2D eigenvalue weighted by atomic mass is 9.64. The highest BCUT2D eigenvalue weighted by molar-refractivity contribution is 6.03. The van der Waals surface area contributed by atoms with Crippen molar-refractivity contribution >= 4 is 130 Å². The molecule has 778 valence electrons. The van der Waals surface area contributed by atoms with E-state index in [9.17, 15) is 106 Å². The summed E-state index contributed by atoms with van der Waals surface area (Å²) >= 11 is 0. The quantitative estimate of drug-likeness (QED) is 0.0170. The third kappa shape index (κ3) is 37.5. The first-order valence-electron chi connectivity index (χ1n) is 48.3. The van der Waals surface area contributed by atoms with Crippen LogP contribution in [0.3, 0.4) is 0 Å². The SMILES string of the molecule is CC(C)[C@H]1CC[C@H](C)CC12NC(=O)[C@H](CCCN=C(N)N)NC(=O)CNC(=O)[C@H](CC(=O)O)NC(=O)[C@@H](Cc1ccccc1)NC2=O.CCCCCCCC(=O)N1CCC2(CC1)NC(=O)[C@H](CCCN=C(N)N)NC(=O)CNC(=O)[C@H](CC(=O)O)NC(=O)[C@@H](Cc1ccccc1)NC2=O.NC(N)=NCCC[C@@H]1NC(=O)CNC(=O)[C@H](CC(=O)O)NC(=O)[C@@H](Cc2ccccc2)NC(=O)C2(CCCCC2)NC1=O.